The maximum atomic E-state index is 12.4. The molecule has 2 rings (SSSR count). The Morgan fingerprint density at radius 2 is 2.24 bits per heavy atom. The van der Waals surface area contributed by atoms with Gasteiger partial charge < -0.3 is 10.4 Å². The van der Waals surface area contributed by atoms with Gasteiger partial charge in [-0.25, -0.2) is 8.78 Å². The quantitative estimate of drug-likeness (QED) is 0.805. The molecule has 2 atom stereocenters. The van der Waals surface area contributed by atoms with E-state index in [-0.39, 0.29) is 5.91 Å². The second-order valence-corrected chi connectivity index (χ2v) is 6.35. The number of carbonyl (C=O) groups is 1. The van der Waals surface area contributed by atoms with E-state index in [0.717, 1.165) is 18.2 Å². The average molecular weight is 336 g/mol. The molecule has 0 bridgehead atoms. The first-order valence-electron chi connectivity index (χ1n) is 6.67. The molecule has 1 aromatic rings. The number of halogens is 3. The SMILES string of the molecule is O=C(Nc1cccc(Cl)c1SCC(F)F)C1CCCC1O. The highest BCUT2D eigenvalue weighted by Gasteiger charge is 2.31. The summed E-state index contributed by atoms with van der Waals surface area (Å²) in [5.74, 6) is -1.13. The van der Waals surface area contributed by atoms with Gasteiger partial charge in [0.05, 0.1) is 28.5 Å². The number of nitrogens with one attached hydrogen (secondary N) is 1. The van der Waals surface area contributed by atoms with Gasteiger partial charge >= 0.3 is 0 Å². The van der Waals surface area contributed by atoms with Gasteiger partial charge in [0.2, 0.25) is 12.3 Å². The molecule has 0 radical (unpaired) electrons. The van der Waals surface area contributed by atoms with Crippen LogP contribution in [0.25, 0.3) is 0 Å². The van der Waals surface area contributed by atoms with Crippen LogP contribution in [-0.4, -0.2) is 29.3 Å². The molecule has 116 valence electrons. The Labute approximate surface area is 131 Å². The second-order valence-electron chi connectivity index (χ2n) is 4.91. The lowest BCUT2D eigenvalue weighted by Crippen LogP contribution is -2.28. The molecule has 0 saturated heterocycles. The topological polar surface area (TPSA) is 49.3 Å². The van der Waals surface area contributed by atoms with Crippen molar-refractivity contribution in [2.24, 2.45) is 5.92 Å². The Hall–Kier alpha value is -0.850. The van der Waals surface area contributed by atoms with Crippen molar-refractivity contribution in [2.45, 2.75) is 36.7 Å². The molecule has 1 aliphatic carbocycles. The van der Waals surface area contributed by atoms with Gasteiger partial charge in [0, 0.05) is 4.90 Å². The predicted molar refractivity (Wildman–Crippen MR) is 80.2 cm³/mol. The summed E-state index contributed by atoms with van der Waals surface area (Å²) in [6.45, 7) is 0. The molecule has 0 aliphatic heterocycles. The molecule has 2 unspecified atom stereocenters. The average Bonchev–Trinajstić information content (AvgIpc) is 2.84. The minimum Gasteiger partial charge on any atom is -0.392 e. The summed E-state index contributed by atoms with van der Waals surface area (Å²) in [4.78, 5) is 12.6. The van der Waals surface area contributed by atoms with Crippen LogP contribution in [-0.2, 0) is 4.79 Å². The lowest BCUT2D eigenvalue weighted by Gasteiger charge is -2.17. The van der Waals surface area contributed by atoms with Gasteiger partial charge in [-0.05, 0) is 31.4 Å². The van der Waals surface area contributed by atoms with Crippen LogP contribution in [0.2, 0.25) is 5.02 Å². The van der Waals surface area contributed by atoms with Crippen LogP contribution in [0.5, 0.6) is 0 Å². The third-order valence-corrected chi connectivity index (χ3v) is 4.97. The molecule has 0 heterocycles. The van der Waals surface area contributed by atoms with E-state index >= 15 is 0 Å². The number of aliphatic hydroxyl groups is 1. The number of alkyl halides is 2. The number of hydrogen-bond acceptors (Lipinski definition) is 3. The van der Waals surface area contributed by atoms with Gasteiger partial charge in [0.15, 0.2) is 0 Å². The van der Waals surface area contributed by atoms with Crippen LogP contribution in [0.15, 0.2) is 23.1 Å². The van der Waals surface area contributed by atoms with E-state index in [0.29, 0.717) is 28.4 Å². The van der Waals surface area contributed by atoms with Gasteiger partial charge in [-0.1, -0.05) is 17.7 Å². The summed E-state index contributed by atoms with van der Waals surface area (Å²) < 4.78 is 24.7. The maximum Gasteiger partial charge on any atom is 0.247 e. The zero-order valence-corrected chi connectivity index (χ0v) is 12.8. The first-order valence-corrected chi connectivity index (χ1v) is 8.03. The van der Waals surface area contributed by atoms with Crippen molar-refractivity contribution >= 4 is 35.0 Å². The largest absolute Gasteiger partial charge is 0.392 e. The Kier molecular flexibility index (Phi) is 5.84. The fraction of sp³-hybridized carbons (Fsp3) is 0.500. The summed E-state index contributed by atoms with van der Waals surface area (Å²) in [6, 6.07) is 4.86. The monoisotopic (exact) mass is 335 g/mol. The fourth-order valence-electron chi connectivity index (χ4n) is 2.37. The Balaban J connectivity index is 2.11. The minimum absolute atomic E-state index is 0.291. The van der Waals surface area contributed by atoms with E-state index in [1.807, 2.05) is 0 Å². The van der Waals surface area contributed by atoms with Crippen molar-refractivity contribution in [1.29, 1.82) is 0 Å². The number of amides is 1. The molecule has 1 amide bonds. The summed E-state index contributed by atoms with van der Waals surface area (Å²) in [5, 5.41) is 12.8. The van der Waals surface area contributed by atoms with Crippen molar-refractivity contribution in [3.8, 4) is 0 Å². The standard InChI is InChI=1S/C14H16ClF2NO2S/c15-9-4-2-5-10(13(9)21-7-12(16)17)18-14(20)8-3-1-6-11(8)19/h2,4-5,8,11-12,19H,1,3,6-7H2,(H,18,20). The molecule has 1 aliphatic rings. The predicted octanol–water partition coefficient (Wildman–Crippen LogP) is 3.80. The lowest BCUT2D eigenvalue weighted by molar-refractivity contribution is -0.122. The zero-order valence-electron chi connectivity index (χ0n) is 11.2. The van der Waals surface area contributed by atoms with E-state index in [2.05, 4.69) is 5.32 Å². The van der Waals surface area contributed by atoms with E-state index in [1.165, 1.54) is 0 Å². The second kappa shape index (κ2) is 7.42. The Bertz CT molecular complexity index is 516. The Morgan fingerprint density at radius 1 is 1.48 bits per heavy atom. The van der Waals surface area contributed by atoms with Crippen LogP contribution in [0.3, 0.4) is 0 Å². The summed E-state index contributed by atoms with van der Waals surface area (Å²) in [5.41, 5.74) is 0.414. The summed E-state index contributed by atoms with van der Waals surface area (Å²) in [7, 11) is 0. The smallest absolute Gasteiger partial charge is 0.247 e. The first kappa shape index (κ1) is 16.5. The molecular formula is C14H16ClF2NO2S. The fourth-order valence-corrected chi connectivity index (χ4v) is 3.48. The normalized spacial score (nSPS) is 21.8. The van der Waals surface area contributed by atoms with Crippen molar-refractivity contribution in [2.75, 3.05) is 11.1 Å². The van der Waals surface area contributed by atoms with E-state index in [1.54, 1.807) is 18.2 Å². The van der Waals surface area contributed by atoms with Crippen LogP contribution in [0.1, 0.15) is 19.3 Å². The van der Waals surface area contributed by atoms with Crippen LogP contribution in [0, 0.1) is 5.92 Å². The van der Waals surface area contributed by atoms with Gasteiger partial charge in [-0.15, -0.1) is 11.8 Å². The van der Waals surface area contributed by atoms with E-state index in [9.17, 15) is 18.7 Å². The molecule has 1 saturated carbocycles. The van der Waals surface area contributed by atoms with Gasteiger partial charge in [-0.2, -0.15) is 0 Å². The molecule has 2 N–H and O–H groups in total. The number of hydrogen-bond donors (Lipinski definition) is 2. The first-order chi connectivity index (χ1) is 9.99. The molecule has 3 nitrogen and oxygen atoms in total. The Morgan fingerprint density at radius 3 is 2.86 bits per heavy atom. The molecule has 0 spiro atoms. The van der Waals surface area contributed by atoms with Gasteiger partial charge in [-0.3, -0.25) is 4.79 Å². The maximum absolute atomic E-state index is 12.4. The van der Waals surface area contributed by atoms with Crippen molar-refractivity contribution in [1.82, 2.24) is 0 Å². The number of anilines is 1. The third kappa shape index (κ3) is 4.31. The molecule has 1 fully saturated rings. The third-order valence-electron chi connectivity index (χ3n) is 3.39. The van der Waals surface area contributed by atoms with Crippen LogP contribution < -0.4 is 5.32 Å². The van der Waals surface area contributed by atoms with E-state index < -0.39 is 24.2 Å². The van der Waals surface area contributed by atoms with E-state index in [4.69, 9.17) is 11.6 Å². The summed E-state index contributed by atoms with van der Waals surface area (Å²) in [6.07, 6.45) is -1.04. The molecule has 0 aromatic heterocycles. The number of aliphatic hydroxyl groups excluding tert-OH is 1. The minimum atomic E-state index is -2.45. The highest BCUT2D eigenvalue weighted by molar-refractivity contribution is 7.99. The molecular weight excluding hydrogens is 320 g/mol. The van der Waals surface area contributed by atoms with Crippen LogP contribution >= 0.6 is 23.4 Å². The molecule has 7 heteroatoms. The number of thioether (sulfide) groups is 1. The molecule has 21 heavy (non-hydrogen) atoms. The summed E-state index contributed by atoms with van der Waals surface area (Å²) >= 11 is 6.93. The van der Waals surface area contributed by atoms with Gasteiger partial charge in [0.1, 0.15) is 0 Å². The highest BCUT2D eigenvalue weighted by Crippen LogP contribution is 2.36. The number of benzene rings is 1. The lowest BCUT2D eigenvalue weighted by atomic mass is 10.1. The number of carbonyl (C=O) groups excluding carboxylic acids is 1. The molecule has 1 aromatic carbocycles. The van der Waals surface area contributed by atoms with Crippen molar-refractivity contribution in [3.63, 3.8) is 0 Å². The number of rotatable bonds is 5. The highest BCUT2D eigenvalue weighted by atomic mass is 35.5. The van der Waals surface area contributed by atoms with Crippen LogP contribution in [0.4, 0.5) is 14.5 Å². The van der Waals surface area contributed by atoms with Crippen molar-refractivity contribution in [3.05, 3.63) is 23.2 Å². The van der Waals surface area contributed by atoms with Gasteiger partial charge in [0.25, 0.3) is 0 Å². The zero-order chi connectivity index (χ0) is 15.4. The van der Waals surface area contributed by atoms with Crippen molar-refractivity contribution < 1.29 is 18.7 Å².